The third-order valence-electron chi connectivity index (χ3n) is 5.40. The molecule has 0 bridgehead atoms. The Morgan fingerprint density at radius 1 is 1.07 bits per heavy atom. The van der Waals surface area contributed by atoms with Gasteiger partial charge in [-0.2, -0.15) is 0 Å². The molecule has 0 amide bonds. The first-order valence-electron chi connectivity index (χ1n) is 10.4. The fourth-order valence-corrected chi connectivity index (χ4v) is 3.63. The summed E-state index contributed by atoms with van der Waals surface area (Å²) < 4.78 is 1.71. The van der Waals surface area contributed by atoms with E-state index in [4.69, 9.17) is 4.99 Å². The molecule has 0 radical (unpaired) electrons. The van der Waals surface area contributed by atoms with Gasteiger partial charge in [-0.25, -0.2) is 4.99 Å². The van der Waals surface area contributed by atoms with Crippen molar-refractivity contribution in [3.8, 4) is 0 Å². The van der Waals surface area contributed by atoms with Gasteiger partial charge in [0, 0.05) is 24.8 Å². The minimum atomic E-state index is 0.0228. The molecule has 28 heavy (non-hydrogen) atoms. The maximum absolute atomic E-state index is 11.8. The Labute approximate surface area is 167 Å². The molecule has 1 aliphatic rings. The lowest BCUT2D eigenvalue weighted by Gasteiger charge is -2.28. The third kappa shape index (κ3) is 5.98. The minimum Gasteiger partial charge on any atom is -0.357 e. The largest absolute Gasteiger partial charge is 0.357 e. The molecule has 0 spiro atoms. The van der Waals surface area contributed by atoms with Crippen LogP contribution in [0.4, 0.5) is 0 Å². The van der Waals surface area contributed by atoms with Crippen LogP contribution < -0.4 is 16.2 Å². The molecule has 0 aliphatic heterocycles. The Kier molecular flexibility index (Phi) is 7.29. The van der Waals surface area contributed by atoms with Crippen molar-refractivity contribution in [2.45, 2.75) is 58.7 Å². The summed E-state index contributed by atoms with van der Waals surface area (Å²) in [4.78, 5) is 16.6. The lowest BCUT2D eigenvalue weighted by Crippen LogP contribution is -2.44. The first kappa shape index (κ1) is 20.2. The summed E-state index contributed by atoms with van der Waals surface area (Å²) in [5.41, 5.74) is 2.30. The van der Waals surface area contributed by atoms with E-state index >= 15 is 0 Å². The summed E-state index contributed by atoms with van der Waals surface area (Å²) in [6, 6.07) is 14.1. The zero-order chi connectivity index (χ0) is 19.8. The van der Waals surface area contributed by atoms with Gasteiger partial charge in [0.15, 0.2) is 5.96 Å². The molecule has 3 rings (SSSR count). The molecule has 1 heterocycles. The highest BCUT2D eigenvalue weighted by molar-refractivity contribution is 5.80. The number of hydrogen-bond donors (Lipinski definition) is 2. The van der Waals surface area contributed by atoms with Gasteiger partial charge in [-0.3, -0.25) is 4.79 Å². The van der Waals surface area contributed by atoms with E-state index in [1.165, 1.54) is 31.2 Å². The van der Waals surface area contributed by atoms with Crippen molar-refractivity contribution < 1.29 is 0 Å². The summed E-state index contributed by atoms with van der Waals surface area (Å²) in [6.45, 7) is 6.53. The van der Waals surface area contributed by atoms with Crippen molar-refractivity contribution >= 4 is 5.96 Å². The Bertz CT molecular complexity index is 817. The van der Waals surface area contributed by atoms with Gasteiger partial charge in [0.25, 0.3) is 5.56 Å². The topological polar surface area (TPSA) is 58.4 Å². The van der Waals surface area contributed by atoms with Gasteiger partial charge < -0.3 is 15.2 Å². The number of guanidine groups is 1. The summed E-state index contributed by atoms with van der Waals surface area (Å²) in [6.07, 6.45) is 6.85. The fourth-order valence-electron chi connectivity index (χ4n) is 3.63. The highest BCUT2D eigenvalue weighted by atomic mass is 16.1. The average Bonchev–Trinajstić information content (AvgIpc) is 2.71. The molecular formula is C23H32N4O. The van der Waals surface area contributed by atoms with Crippen LogP contribution in [0.3, 0.4) is 0 Å². The number of rotatable bonds is 6. The van der Waals surface area contributed by atoms with Gasteiger partial charge in [0.1, 0.15) is 0 Å². The van der Waals surface area contributed by atoms with Crippen molar-refractivity contribution in [1.82, 2.24) is 15.2 Å². The first-order valence-corrected chi connectivity index (χ1v) is 10.4. The molecule has 0 unspecified atom stereocenters. The molecule has 5 nitrogen and oxygen atoms in total. The van der Waals surface area contributed by atoms with Crippen LogP contribution in [0, 0.1) is 5.92 Å². The van der Waals surface area contributed by atoms with E-state index in [9.17, 15) is 4.79 Å². The molecule has 5 heteroatoms. The maximum atomic E-state index is 11.8. The minimum absolute atomic E-state index is 0.0228. The summed E-state index contributed by atoms with van der Waals surface area (Å²) >= 11 is 0. The van der Waals surface area contributed by atoms with Crippen LogP contribution in [0.2, 0.25) is 0 Å². The van der Waals surface area contributed by atoms with Gasteiger partial charge in [-0.1, -0.05) is 37.3 Å². The first-order chi connectivity index (χ1) is 13.6. The third-order valence-corrected chi connectivity index (χ3v) is 5.40. The molecule has 1 aliphatic carbocycles. The lowest BCUT2D eigenvalue weighted by atomic mass is 9.87. The van der Waals surface area contributed by atoms with Crippen LogP contribution in [-0.4, -0.2) is 23.1 Å². The molecule has 2 N–H and O–H groups in total. The second-order valence-corrected chi connectivity index (χ2v) is 7.78. The number of benzene rings is 1. The predicted octanol–water partition coefficient (Wildman–Crippen LogP) is 3.53. The number of aromatic nitrogens is 1. The molecule has 2 aromatic rings. The van der Waals surface area contributed by atoms with E-state index in [-0.39, 0.29) is 5.56 Å². The number of hydrogen-bond acceptors (Lipinski definition) is 2. The van der Waals surface area contributed by atoms with Gasteiger partial charge in [-0.15, -0.1) is 0 Å². The maximum Gasteiger partial charge on any atom is 0.250 e. The van der Waals surface area contributed by atoms with E-state index in [0.717, 1.165) is 24.0 Å². The summed E-state index contributed by atoms with van der Waals surface area (Å²) in [5, 5.41) is 6.96. The second-order valence-electron chi connectivity index (χ2n) is 7.78. The second kappa shape index (κ2) is 10.1. The average molecular weight is 381 g/mol. The van der Waals surface area contributed by atoms with Crippen LogP contribution in [0.1, 0.15) is 50.7 Å². The molecule has 1 aromatic heterocycles. The van der Waals surface area contributed by atoms with Gasteiger partial charge in [0.05, 0.1) is 13.1 Å². The van der Waals surface area contributed by atoms with Crippen LogP contribution in [-0.2, 0) is 13.1 Å². The number of nitrogens with one attached hydrogen (secondary N) is 2. The normalized spacial score (nSPS) is 20.0. The lowest BCUT2D eigenvalue weighted by molar-refractivity contribution is 0.329. The zero-order valence-corrected chi connectivity index (χ0v) is 17.0. The SMILES string of the molecule is CCNC(=NCc1ccc(Cn2ccccc2=O)cc1)NC1CCC(C)CC1. The van der Waals surface area contributed by atoms with Gasteiger partial charge >= 0.3 is 0 Å². The van der Waals surface area contributed by atoms with Crippen molar-refractivity contribution in [1.29, 1.82) is 0 Å². The van der Waals surface area contributed by atoms with Crippen molar-refractivity contribution in [3.05, 3.63) is 70.1 Å². The molecule has 0 saturated heterocycles. The highest BCUT2D eigenvalue weighted by Gasteiger charge is 2.18. The Balaban J connectivity index is 1.58. The number of pyridine rings is 1. The van der Waals surface area contributed by atoms with Crippen LogP contribution in [0.25, 0.3) is 0 Å². The molecule has 1 aromatic carbocycles. The zero-order valence-electron chi connectivity index (χ0n) is 17.0. The Hall–Kier alpha value is -2.56. The van der Waals surface area contributed by atoms with Gasteiger partial charge in [-0.05, 0) is 55.7 Å². The van der Waals surface area contributed by atoms with Crippen molar-refractivity contribution in [2.24, 2.45) is 10.9 Å². The van der Waals surface area contributed by atoms with Crippen LogP contribution in [0.5, 0.6) is 0 Å². The van der Waals surface area contributed by atoms with E-state index in [1.54, 1.807) is 16.7 Å². The Morgan fingerprint density at radius 3 is 2.46 bits per heavy atom. The van der Waals surface area contributed by atoms with Crippen LogP contribution >= 0.6 is 0 Å². The highest BCUT2D eigenvalue weighted by Crippen LogP contribution is 2.23. The van der Waals surface area contributed by atoms with Crippen molar-refractivity contribution in [3.63, 3.8) is 0 Å². The van der Waals surface area contributed by atoms with Crippen LogP contribution in [0.15, 0.2) is 58.4 Å². The van der Waals surface area contributed by atoms with Gasteiger partial charge in [0.2, 0.25) is 0 Å². The van der Waals surface area contributed by atoms with E-state index in [0.29, 0.717) is 19.1 Å². The monoisotopic (exact) mass is 380 g/mol. The molecular weight excluding hydrogens is 348 g/mol. The molecule has 0 atom stereocenters. The molecule has 1 fully saturated rings. The van der Waals surface area contributed by atoms with E-state index < -0.39 is 0 Å². The number of nitrogens with zero attached hydrogens (tertiary/aromatic N) is 2. The fraction of sp³-hybridized carbons (Fsp3) is 0.478. The molecule has 150 valence electrons. The van der Waals surface area contributed by atoms with Crippen molar-refractivity contribution in [2.75, 3.05) is 6.54 Å². The summed E-state index contributed by atoms with van der Waals surface area (Å²) in [7, 11) is 0. The smallest absolute Gasteiger partial charge is 0.250 e. The molecule has 1 saturated carbocycles. The van der Waals surface area contributed by atoms with E-state index in [2.05, 4.69) is 48.7 Å². The van der Waals surface area contributed by atoms with E-state index in [1.807, 2.05) is 12.3 Å². The number of aliphatic imine (C=N–C) groups is 1. The standard InChI is InChI=1S/C23H32N4O/c1-3-24-23(26-21-13-7-18(2)8-14-21)25-16-19-9-11-20(12-10-19)17-27-15-5-4-6-22(27)28/h4-6,9-12,15,18,21H,3,7-8,13-14,16-17H2,1-2H3,(H2,24,25,26). The predicted molar refractivity (Wildman–Crippen MR) is 116 cm³/mol. The quantitative estimate of drug-likeness (QED) is 0.595. The summed E-state index contributed by atoms with van der Waals surface area (Å²) in [5.74, 6) is 1.75. The Morgan fingerprint density at radius 2 is 1.79 bits per heavy atom.